The van der Waals surface area contributed by atoms with Crippen LogP contribution in [0.15, 0.2) is 85.5 Å². The number of nitrogens with two attached hydrogens (primary N) is 1. The molecule has 0 unspecified atom stereocenters. The van der Waals surface area contributed by atoms with E-state index in [4.69, 9.17) is 15.8 Å². The summed E-state index contributed by atoms with van der Waals surface area (Å²) in [5.41, 5.74) is 11.7. The summed E-state index contributed by atoms with van der Waals surface area (Å²) < 4.78 is 1.92. The molecule has 6 rings (SSSR count). The van der Waals surface area contributed by atoms with Gasteiger partial charge in [0.2, 0.25) is 17.7 Å². The number of carbonyl (C=O) groups is 3. The zero-order chi connectivity index (χ0) is 41.7. The van der Waals surface area contributed by atoms with Crippen LogP contribution in [0.2, 0.25) is 0 Å². The van der Waals surface area contributed by atoms with Gasteiger partial charge in [-0.3, -0.25) is 28.8 Å². The Labute approximate surface area is 347 Å². The molecule has 0 spiro atoms. The van der Waals surface area contributed by atoms with Crippen LogP contribution in [0.3, 0.4) is 0 Å². The van der Waals surface area contributed by atoms with Crippen molar-refractivity contribution in [1.29, 1.82) is 0 Å². The number of benzene rings is 1. The molecule has 4 heterocycles. The highest BCUT2D eigenvalue weighted by atomic mass is 16.2. The Bertz CT molecular complexity index is 2100. The molecule has 1 aromatic carbocycles. The SMILES string of the molecule is CC(C)Cc1nc(-c2ccccc2)cn2c([C@H](Cc3cccnc3)C(=O)N[C@@H](CC3CCCCC3)[C@@H](N)CC(=O)N[C@@H](CC(C)C)C(=O)NCc3ccccn3)nnc12. The molecule has 0 saturated heterocycles. The van der Waals surface area contributed by atoms with Gasteiger partial charge in [-0.25, -0.2) is 4.98 Å². The van der Waals surface area contributed by atoms with Gasteiger partial charge in [0.15, 0.2) is 5.65 Å². The predicted molar refractivity (Wildman–Crippen MR) is 229 cm³/mol. The molecule has 59 heavy (non-hydrogen) atoms. The molecule has 0 bridgehead atoms. The lowest BCUT2D eigenvalue weighted by Gasteiger charge is -2.32. The number of aromatic nitrogens is 6. The quantitative estimate of drug-likeness (QED) is 0.0764. The molecule has 13 heteroatoms. The predicted octanol–water partition coefficient (Wildman–Crippen LogP) is 6.13. The zero-order valence-corrected chi connectivity index (χ0v) is 34.9. The van der Waals surface area contributed by atoms with Crippen LogP contribution in [0.4, 0.5) is 0 Å². The molecule has 1 aliphatic carbocycles. The van der Waals surface area contributed by atoms with E-state index in [1.54, 1.807) is 18.6 Å². The first kappa shape index (κ1) is 43.0. The van der Waals surface area contributed by atoms with E-state index in [0.29, 0.717) is 49.0 Å². The van der Waals surface area contributed by atoms with E-state index in [-0.39, 0.29) is 36.6 Å². The normalized spacial score (nSPS) is 15.4. The molecule has 4 atom stereocenters. The van der Waals surface area contributed by atoms with Crippen LogP contribution in [0.25, 0.3) is 16.9 Å². The Morgan fingerprint density at radius 1 is 0.847 bits per heavy atom. The fraction of sp³-hybridized carbons (Fsp3) is 0.478. The van der Waals surface area contributed by atoms with Crippen molar-refractivity contribution in [2.45, 2.75) is 122 Å². The number of hydrogen-bond donors (Lipinski definition) is 4. The number of nitrogens with zero attached hydrogens (tertiary/aromatic N) is 6. The van der Waals surface area contributed by atoms with Crippen LogP contribution in [-0.2, 0) is 33.8 Å². The van der Waals surface area contributed by atoms with E-state index in [1.807, 2.05) is 85.1 Å². The molecule has 4 aromatic heterocycles. The van der Waals surface area contributed by atoms with Gasteiger partial charge < -0.3 is 21.7 Å². The first-order chi connectivity index (χ1) is 28.5. The summed E-state index contributed by atoms with van der Waals surface area (Å²) in [6.07, 6.45) is 14.6. The second kappa shape index (κ2) is 20.9. The van der Waals surface area contributed by atoms with Gasteiger partial charge in [-0.1, -0.05) is 102 Å². The van der Waals surface area contributed by atoms with E-state index < -0.39 is 24.0 Å². The van der Waals surface area contributed by atoms with Crippen molar-refractivity contribution < 1.29 is 14.4 Å². The van der Waals surface area contributed by atoms with E-state index in [9.17, 15) is 14.4 Å². The van der Waals surface area contributed by atoms with Gasteiger partial charge in [-0.2, -0.15) is 0 Å². The monoisotopic (exact) mass is 800 g/mol. The molecule has 0 radical (unpaired) electrons. The van der Waals surface area contributed by atoms with Crippen molar-refractivity contribution in [2.75, 3.05) is 0 Å². The minimum atomic E-state index is -0.764. The molecule has 3 amide bonds. The third kappa shape index (κ3) is 12.2. The lowest BCUT2D eigenvalue weighted by atomic mass is 9.82. The van der Waals surface area contributed by atoms with Crippen LogP contribution in [0.1, 0.15) is 108 Å². The third-order valence-electron chi connectivity index (χ3n) is 11.1. The Balaban J connectivity index is 1.27. The number of carbonyl (C=O) groups excluding carboxylic acids is 3. The minimum absolute atomic E-state index is 0.0639. The summed E-state index contributed by atoms with van der Waals surface area (Å²) in [6.45, 7) is 8.56. The highest BCUT2D eigenvalue weighted by molar-refractivity contribution is 5.88. The van der Waals surface area contributed by atoms with E-state index in [0.717, 1.165) is 53.9 Å². The van der Waals surface area contributed by atoms with Crippen molar-refractivity contribution in [1.82, 2.24) is 45.5 Å². The van der Waals surface area contributed by atoms with Gasteiger partial charge in [0, 0.05) is 48.9 Å². The number of hydrogen-bond acceptors (Lipinski definition) is 9. The molecule has 5 aromatic rings. The third-order valence-corrected chi connectivity index (χ3v) is 11.1. The van der Waals surface area contributed by atoms with Crippen molar-refractivity contribution in [3.8, 4) is 11.3 Å². The number of pyridine rings is 2. The summed E-state index contributed by atoms with van der Waals surface area (Å²) >= 11 is 0. The van der Waals surface area contributed by atoms with Gasteiger partial charge in [-0.05, 0) is 67.2 Å². The van der Waals surface area contributed by atoms with Gasteiger partial charge in [0.1, 0.15) is 17.8 Å². The lowest BCUT2D eigenvalue weighted by Crippen LogP contribution is -2.53. The van der Waals surface area contributed by atoms with Crippen molar-refractivity contribution in [3.05, 3.63) is 108 Å². The topological polar surface area (TPSA) is 182 Å². The van der Waals surface area contributed by atoms with Crippen LogP contribution in [-0.4, -0.2) is 65.4 Å². The molecule has 1 fully saturated rings. The molecular formula is C46H60N10O3. The maximum Gasteiger partial charge on any atom is 0.242 e. The number of rotatable bonds is 19. The standard InChI is InChI=1S/C46H60N10O3/c1-30(2)22-39-44-55-54-43(56(44)29-41(51-39)34-17-9-6-10-18-34)36(24-33-16-13-20-48-27-33)45(58)53-38(25-32-14-7-5-8-15-32)37(47)26-42(57)52-40(23-31(3)4)46(59)50-28-35-19-11-12-21-49-35/h6,9-13,16-21,27,29-32,36-38,40H,5,7-8,14-15,22-26,28,47H2,1-4H3,(H,50,59)(H,52,57)(H,53,58)/t36-,37-,38-,40-/m0/s1. The minimum Gasteiger partial charge on any atom is -0.351 e. The van der Waals surface area contributed by atoms with Crippen molar-refractivity contribution in [3.63, 3.8) is 0 Å². The van der Waals surface area contributed by atoms with Crippen molar-refractivity contribution in [2.24, 2.45) is 23.5 Å². The summed E-state index contributed by atoms with van der Waals surface area (Å²) in [7, 11) is 0. The maximum absolute atomic E-state index is 14.9. The van der Waals surface area contributed by atoms with Gasteiger partial charge in [0.05, 0.1) is 23.6 Å². The van der Waals surface area contributed by atoms with Gasteiger partial charge in [-0.15, -0.1) is 10.2 Å². The van der Waals surface area contributed by atoms with Crippen molar-refractivity contribution >= 4 is 23.4 Å². The molecule has 0 aliphatic heterocycles. The summed E-state index contributed by atoms with van der Waals surface area (Å²) in [5.74, 6) is -0.325. The molecule has 1 saturated carbocycles. The Kier molecular flexibility index (Phi) is 15.3. The lowest BCUT2D eigenvalue weighted by molar-refractivity contribution is -0.130. The number of fused-ring (bicyclic) bond motifs is 1. The van der Waals surface area contributed by atoms with E-state index in [2.05, 4.69) is 44.9 Å². The summed E-state index contributed by atoms with van der Waals surface area (Å²) in [6, 6.07) is 17.3. The van der Waals surface area contributed by atoms with E-state index >= 15 is 0 Å². The number of nitrogens with one attached hydrogen (secondary N) is 3. The van der Waals surface area contributed by atoms with Crippen LogP contribution in [0, 0.1) is 17.8 Å². The highest BCUT2D eigenvalue weighted by Crippen LogP contribution is 2.30. The molecule has 1 aliphatic rings. The summed E-state index contributed by atoms with van der Waals surface area (Å²) in [4.78, 5) is 55.6. The largest absolute Gasteiger partial charge is 0.351 e. The zero-order valence-electron chi connectivity index (χ0n) is 34.9. The second-order valence-electron chi connectivity index (χ2n) is 16.9. The highest BCUT2D eigenvalue weighted by Gasteiger charge is 2.33. The fourth-order valence-electron chi connectivity index (χ4n) is 8.06. The molecule has 13 nitrogen and oxygen atoms in total. The van der Waals surface area contributed by atoms with Gasteiger partial charge in [0.25, 0.3) is 0 Å². The summed E-state index contributed by atoms with van der Waals surface area (Å²) in [5, 5.41) is 18.5. The molecular weight excluding hydrogens is 741 g/mol. The van der Waals surface area contributed by atoms with Crippen LogP contribution in [0.5, 0.6) is 0 Å². The Morgan fingerprint density at radius 3 is 2.32 bits per heavy atom. The van der Waals surface area contributed by atoms with Crippen LogP contribution < -0.4 is 21.7 Å². The second-order valence-corrected chi connectivity index (χ2v) is 16.9. The van der Waals surface area contributed by atoms with E-state index in [1.165, 1.54) is 6.42 Å². The average Bonchev–Trinajstić information content (AvgIpc) is 3.66. The van der Waals surface area contributed by atoms with Gasteiger partial charge >= 0.3 is 0 Å². The number of amides is 3. The molecule has 5 N–H and O–H groups in total. The fourth-order valence-corrected chi connectivity index (χ4v) is 8.06. The first-order valence-electron chi connectivity index (χ1n) is 21.3. The molecule has 312 valence electrons. The average molecular weight is 801 g/mol. The first-order valence-corrected chi connectivity index (χ1v) is 21.3. The Morgan fingerprint density at radius 2 is 1.63 bits per heavy atom. The smallest absolute Gasteiger partial charge is 0.242 e. The Hall–Kier alpha value is -5.56. The van der Waals surface area contributed by atoms with Crippen LogP contribution >= 0.6 is 0 Å². The maximum atomic E-state index is 14.9.